The summed E-state index contributed by atoms with van der Waals surface area (Å²) >= 11 is 11.6. The van der Waals surface area contributed by atoms with Crippen LogP contribution in [-0.4, -0.2) is 20.2 Å². The number of hydrogen-bond donors (Lipinski definition) is 0. The maximum Gasteiger partial charge on any atom is 0.476 e. The first-order chi connectivity index (χ1) is 13.8. The van der Waals surface area contributed by atoms with E-state index in [0.717, 1.165) is 11.1 Å². The molecule has 0 N–H and O–H groups in total. The number of ether oxygens (including phenoxy) is 1. The van der Waals surface area contributed by atoms with E-state index in [0.29, 0.717) is 0 Å². The Bertz CT molecular complexity index is 914. The summed E-state index contributed by atoms with van der Waals surface area (Å²) in [5, 5.41) is 16.9. The Morgan fingerprint density at radius 2 is 1.10 bits per heavy atom. The normalized spacial score (nSPS) is 14.1. The molecule has 2 atom stereocenters. The lowest BCUT2D eigenvalue weighted by atomic mass is 10.1. The van der Waals surface area contributed by atoms with Gasteiger partial charge in [-0.1, -0.05) is 72.5 Å². The van der Waals surface area contributed by atoms with Gasteiger partial charge in [0.15, 0.2) is 0 Å². The summed E-state index contributed by atoms with van der Waals surface area (Å²) in [5.41, 5.74) is 1.55. The standard InChI is InChI=1S/C20H14Cl2N2O5/c21-19(23(25)26,15-7-13-17-9-3-1-4-10-17)29-20(22,24(27)28)16-8-14-18-11-5-2-6-12-18/h1-6,9-12H,13-14H2. The van der Waals surface area contributed by atoms with Gasteiger partial charge in [-0.25, -0.2) is 0 Å². The predicted octanol–water partition coefficient (Wildman–Crippen LogP) is 3.83. The number of benzene rings is 2. The Morgan fingerprint density at radius 3 is 1.41 bits per heavy atom. The van der Waals surface area contributed by atoms with E-state index >= 15 is 0 Å². The van der Waals surface area contributed by atoms with Crippen molar-refractivity contribution >= 4 is 23.2 Å². The number of nitrogens with zero attached hydrogens (tertiary/aromatic N) is 2. The quantitative estimate of drug-likeness (QED) is 0.172. The van der Waals surface area contributed by atoms with E-state index in [1.807, 2.05) is 0 Å². The van der Waals surface area contributed by atoms with Crippen LogP contribution in [0.15, 0.2) is 60.7 Å². The molecular formula is C20H14Cl2N2O5. The Balaban J connectivity index is 2.22. The molecule has 9 heteroatoms. The van der Waals surface area contributed by atoms with Gasteiger partial charge in [-0.05, 0) is 11.1 Å². The van der Waals surface area contributed by atoms with Crippen molar-refractivity contribution in [2.75, 3.05) is 0 Å². The molecule has 29 heavy (non-hydrogen) atoms. The van der Waals surface area contributed by atoms with E-state index in [9.17, 15) is 20.2 Å². The fourth-order valence-electron chi connectivity index (χ4n) is 2.10. The average Bonchev–Trinajstić information content (AvgIpc) is 2.69. The molecule has 0 saturated heterocycles. The summed E-state index contributed by atoms with van der Waals surface area (Å²) in [6.45, 7) is 0. The molecule has 7 nitrogen and oxygen atoms in total. The van der Waals surface area contributed by atoms with Gasteiger partial charge in [0.05, 0.1) is 9.85 Å². The van der Waals surface area contributed by atoms with Crippen molar-refractivity contribution < 1.29 is 14.6 Å². The van der Waals surface area contributed by atoms with Crippen LogP contribution in [0.1, 0.15) is 11.1 Å². The van der Waals surface area contributed by atoms with Crippen LogP contribution in [-0.2, 0) is 17.6 Å². The van der Waals surface area contributed by atoms with Gasteiger partial charge in [-0.3, -0.25) is 20.2 Å². The Labute approximate surface area is 176 Å². The van der Waals surface area contributed by atoms with E-state index in [2.05, 4.69) is 23.7 Å². The fourth-order valence-corrected chi connectivity index (χ4v) is 2.49. The van der Waals surface area contributed by atoms with Gasteiger partial charge >= 0.3 is 10.4 Å². The summed E-state index contributed by atoms with van der Waals surface area (Å²) in [4.78, 5) is 20.5. The van der Waals surface area contributed by atoms with Crippen LogP contribution < -0.4 is 0 Å². The second kappa shape index (κ2) is 9.90. The van der Waals surface area contributed by atoms with Crippen molar-refractivity contribution in [3.8, 4) is 23.7 Å². The molecule has 0 fully saturated rings. The summed E-state index contributed by atoms with van der Waals surface area (Å²) in [7, 11) is 0. The molecule has 0 aliphatic rings. The first-order valence-corrected chi connectivity index (χ1v) is 8.96. The minimum atomic E-state index is -2.94. The molecule has 148 valence electrons. The van der Waals surface area contributed by atoms with E-state index in [4.69, 9.17) is 27.9 Å². The molecule has 2 unspecified atom stereocenters. The lowest BCUT2D eigenvalue weighted by Gasteiger charge is -2.17. The van der Waals surface area contributed by atoms with Crippen molar-refractivity contribution in [2.24, 2.45) is 0 Å². The number of hydrogen-bond acceptors (Lipinski definition) is 5. The fraction of sp³-hybridized carbons (Fsp3) is 0.200. The lowest BCUT2D eigenvalue weighted by molar-refractivity contribution is -0.651. The Hall–Kier alpha value is -3.10. The van der Waals surface area contributed by atoms with Crippen LogP contribution in [0.2, 0.25) is 0 Å². The van der Waals surface area contributed by atoms with E-state index in [1.165, 1.54) is 0 Å². The maximum atomic E-state index is 11.4. The van der Waals surface area contributed by atoms with Gasteiger partial charge in [0.1, 0.15) is 0 Å². The summed E-state index contributed by atoms with van der Waals surface area (Å²) in [6, 6.07) is 17.7. The van der Waals surface area contributed by atoms with Crippen LogP contribution in [0, 0.1) is 43.9 Å². The molecule has 2 aromatic rings. The van der Waals surface area contributed by atoms with Crippen LogP contribution in [0.4, 0.5) is 0 Å². The van der Waals surface area contributed by atoms with Gasteiger partial charge in [0.2, 0.25) is 0 Å². The highest BCUT2D eigenvalue weighted by molar-refractivity contribution is 6.26. The zero-order valence-electron chi connectivity index (χ0n) is 14.9. The van der Waals surface area contributed by atoms with Crippen molar-refractivity contribution in [3.05, 3.63) is 92.0 Å². The SMILES string of the molecule is O=[N+]([O-])C(Cl)(C#CCc1ccccc1)OC(Cl)(C#CCc1ccccc1)[N+](=O)[O-]. The highest BCUT2D eigenvalue weighted by Gasteiger charge is 2.55. The summed E-state index contributed by atoms with van der Waals surface area (Å²) < 4.78 is 4.81. The molecule has 0 radical (unpaired) electrons. The first-order valence-electron chi connectivity index (χ1n) is 8.20. The van der Waals surface area contributed by atoms with Crippen molar-refractivity contribution in [1.29, 1.82) is 0 Å². The largest absolute Gasteiger partial charge is 0.476 e. The minimum Gasteiger partial charge on any atom is -0.260 e. The van der Waals surface area contributed by atoms with Crippen molar-refractivity contribution in [1.82, 2.24) is 0 Å². The zero-order valence-corrected chi connectivity index (χ0v) is 16.4. The number of rotatable bonds is 6. The van der Waals surface area contributed by atoms with E-state index < -0.39 is 20.2 Å². The van der Waals surface area contributed by atoms with E-state index in [-0.39, 0.29) is 12.8 Å². The molecule has 0 aliphatic heterocycles. The number of nitro groups is 2. The third-order valence-corrected chi connectivity index (χ3v) is 4.12. The minimum absolute atomic E-state index is 0.125. The van der Waals surface area contributed by atoms with Gasteiger partial charge in [0, 0.05) is 47.9 Å². The maximum absolute atomic E-state index is 11.4. The monoisotopic (exact) mass is 432 g/mol. The Morgan fingerprint density at radius 1 is 0.759 bits per heavy atom. The molecule has 0 heterocycles. The van der Waals surface area contributed by atoms with Crippen LogP contribution in [0.25, 0.3) is 0 Å². The third-order valence-electron chi connectivity index (χ3n) is 3.50. The molecule has 0 spiro atoms. The Kier molecular flexibility index (Phi) is 7.58. The first kappa shape index (κ1) is 22.2. The smallest absolute Gasteiger partial charge is 0.260 e. The van der Waals surface area contributed by atoms with Crippen LogP contribution in [0.5, 0.6) is 0 Å². The second-order valence-corrected chi connectivity index (χ2v) is 6.69. The van der Waals surface area contributed by atoms with Gasteiger partial charge in [-0.2, -0.15) is 4.74 Å². The van der Waals surface area contributed by atoms with Gasteiger partial charge in [0.25, 0.3) is 0 Å². The highest BCUT2D eigenvalue weighted by atomic mass is 35.5. The van der Waals surface area contributed by atoms with Crippen LogP contribution >= 0.6 is 23.2 Å². The predicted molar refractivity (Wildman–Crippen MR) is 108 cm³/mol. The third kappa shape index (κ3) is 6.48. The average molecular weight is 433 g/mol. The van der Waals surface area contributed by atoms with Crippen LogP contribution in [0.3, 0.4) is 0 Å². The lowest BCUT2D eigenvalue weighted by Crippen LogP contribution is -2.46. The van der Waals surface area contributed by atoms with E-state index in [1.54, 1.807) is 60.7 Å². The topological polar surface area (TPSA) is 95.5 Å². The molecule has 0 bridgehead atoms. The summed E-state index contributed by atoms with van der Waals surface area (Å²) in [6.07, 6.45) is 0.250. The zero-order chi connectivity index (χ0) is 21.3. The molecule has 2 rings (SSSR count). The second-order valence-electron chi connectivity index (χ2n) is 5.67. The summed E-state index contributed by atoms with van der Waals surface area (Å²) in [5.74, 6) is 9.18. The van der Waals surface area contributed by atoms with Crippen molar-refractivity contribution in [2.45, 2.75) is 23.2 Å². The molecular weight excluding hydrogens is 419 g/mol. The number of alkyl halides is 2. The number of halogens is 2. The van der Waals surface area contributed by atoms with Gasteiger partial charge < -0.3 is 0 Å². The van der Waals surface area contributed by atoms with Gasteiger partial charge in [-0.15, -0.1) is 0 Å². The molecule has 0 aliphatic carbocycles. The molecule has 0 aromatic heterocycles. The molecule has 0 saturated carbocycles. The molecule has 0 amide bonds. The molecule has 2 aromatic carbocycles. The highest BCUT2D eigenvalue weighted by Crippen LogP contribution is 2.29. The van der Waals surface area contributed by atoms with Crippen molar-refractivity contribution in [3.63, 3.8) is 0 Å².